The summed E-state index contributed by atoms with van der Waals surface area (Å²) in [4.78, 5) is -0.535. The average molecular weight is 344 g/mol. The number of benzene rings is 2. The van der Waals surface area contributed by atoms with Gasteiger partial charge in [-0.15, -0.1) is 0 Å². The van der Waals surface area contributed by atoms with Crippen molar-refractivity contribution >= 4 is 21.6 Å². The Balaban J connectivity index is 2.02. The Hall–Kier alpha value is -1.47. The van der Waals surface area contributed by atoms with Gasteiger partial charge < -0.3 is 5.11 Å². The molecule has 7 heteroatoms. The lowest BCUT2D eigenvalue weighted by Crippen LogP contribution is -2.33. The first-order valence-corrected chi connectivity index (χ1v) is 8.42. The molecule has 2 rings (SSSR count). The molecule has 0 aliphatic carbocycles. The van der Waals surface area contributed by atoms with Crippen molar-refractivity contribution in [2.45, 2.75) is 17.4 Å². The first-order chi connectivity index (χ1) is 10.4. The highest BCUT2D eigenvalue weighted by Gasteiger charge is 2.21. The van der Waals surface area contributed by atoms with E-state index >= 15 is 0 Å². The van der Waals surface area contributed by atoms with Crippen molar-refractivity contribution < 1.29 is 17.9 Å². The zero-order valence-electron chi connectivity index (χ0n) is 11.5. The zero-order valence-corrected chi connectivity index (χ0v) is 13.1. The van der Waals surface area contributed by atoms with E-state index in [0.717, 1.165) is 11.6 Å². The number of aliphatic hydroxyl groups is 1. The fourth-order valence-corrected chi connectivity index (χ4v) is 3.34. The molecule has 0 aliphatic heterocycles. The van der Waals surface area contributed by atoms with Crippen molar-refractivity contribution in [3.8, 4) is 0 Å². The Morgan fingerprint density at radius 1 is 1.14 bits per heavy atom. The summed E-state index contributed by atoms with van der Waals surface area (Å²) in [7, 11) is -4.07. The molecule has 0 fully saturated rings. The predicted molar refractivity (Wildman–Crippen MR) is 82.8 cm³/mol. The second-order valence-corrected chi connectivity index (χ2v) is 6.89. The van der Waals surface area contributed by atoms with Gasteiger partial charge in [-0.2, -0.15) is 0 Å². The van der Waals surface area contributed by atoms with Crippen molar-refractivity contribution in [1.82, 2.24) is 4.72 Å². The second kappa shape index (κ2) is 7.19. The van der Waals surface area contributed by atoms with Gasteiger partial charge in [0, 0.05) is 6.54 Å². The molecule has 1 unspecified atom stereocenters. The van der Waals surface area contributed by atoms with Crippen LogP contribution in [0.2, 0.25) is 5.02 Å². The van der Waals surface area contributed by atoms with E-state index in [1.54, 1.807) is 0 Å². The first kappa shape index (κ1) is 16.9. The summed E-state index contributed by atoms with van der Waals surface area (Å²) in [6, 6.07) is 12.9. The van der Waals surface area contributed by atoms with Gasteiger partial charge in [0.2, 0.25) is 10.0 Å². The number of nitrogens with one attached hydrogen (secondary N) is 1. The Morgan fingerprint density at radius 3 is 2.50 bits per heavy atom. The minimum atomic E-state index is -4.07. The van der Waals surface area contributed by atoms with E-state index in [9.17, 15) is 17.9 Å². The van der Waals surface area contributed by atoms with Crippen molar-refractivity contribution in [3.05, 3.63) is 64.9 Å². The summed E-state index contributed by atoms with van der Waals surface area (Å²) < 4.78 is 40.0. The van der Waals surface area contributed by atoms with Gasteiger partial charge in [0.15, 0.2) is 5.82 Å². The summed E-state index contributed by atoms with van der Waals surface area (Å²) in [6.45, 7) is -0.219. The normalized spacial score (nSPS) is 13.0. The van der Waals surface area contributed by atoms with E-state index < -0.39 is 26.8 Å². The maximum absolute atomic E-state index is 13.8. The quantitative estimate of drug-likeness (QED) is 0.846. The van der Waals surface area contributed by atoms with Crippen LogP contribution >= 0.6 is 11.6 Å². The van der Waals surface area contributed by atoms with Gasteiger partial charge in [0.05, 0.1) is 11.1 Å². The van der Waals surface area contributed by atoms with Gasteiger partial charge >= 0.3 is 0 Å². The smallest absolute Gasteiger partial charge is 0.243 e. The number of sulfonamides is 1. The number of hydrogen-bond acceptors (Lipinski definition) is 3. The zero-order chi connectivity index (χ0) is 16.2. The first-order valence-electron chi connectivity index (χ1n) is 6.56. The molecule has 0 saturated carbocycles. The van der Waals surface area contributed by atoms with E-state index in [1.165, 1.54) is 12.1 Å². The summed E-state index contributed by atoms with van der Waals surface area (Å²) in [5, 5.41) is 9.62. The summed E-state index contributed by atoms with van der Waals surface area (Å²) in [5.41, 5.74) is 0.878. The molecule has 4 nitrogen and oxygen atoms in total. The fraction of sp³-hybridized carbons (Fsp3) is 0.200. The van der Waals surface area contributed by atoms with Crippen molar-refractivity contribution in [3.63, 3.8) is 0 Å². The highest BCUT2D eigenvalue weighted by molar-refractivity contribution is 7.89. The molecule has 0 aromatic heterocycles. The molecule has 2 N–H and O–H groups in total. The van der Waals surface area contributed by atoms with E-state index in [-0.39, 0.29) is 11.6 Å². The van der Waals surface area contributed by atoms with Gasteiger partial charge in [0.1, 0.15) is 4.90 Å². The molecule has 2 aromatic rings. The molecular formula is C15H15ClFNO3S. The molecule has 22 heavy (non-hydrogen) atoms. The van der Waals surface area contributed by atoms with Gasteiger partial charge in [-0.05, 0) is 24.1 Å². The van der Waals surface area contributed by atoms with Gasteiger partial charge in [-0.25, -0.2) is 17.5 Å². The van der Waals surface area contributed by atoms with Crippen LogP contribution in [0.5, 0.6) is 0 Å². The van der Waals surface area contributed by atoms with Crippen LogP contribution in [0, 0.1) is 5.82 Å². The lowest BCUT2D eigenvalue weighted by Gasteiger charge is -2.13. The van der Waals surface area contributed by atoms with E-state index in [0.29, 0.717) is 6.42 Å². The standard InChI is InChI=1S/C15H15ClFNO3S/c16-13-7-4-8-14(15(13)17)22(20,21)18-10-12(19)9-11-5-2-1-3-6-11/h1-8,12,18-19H,9-10H2. The number of halogens is 2. The lowest BCUT2D eigenvalue weighted by molar-refractivity contribution is 0.179. The minimum Gasteiger partial charge on any atom is -0.391 e. The third kappa shape index (κ3) is 4.27. The molecule has 0 saturated heterocycles. The monoisotopic (exact) mass is 343 g/mol. The highest BCUT2D eigenvalue weighted by Crippen LogP contribution is 2.21. The molecule has 0 spiro atoms. The summed E-state index contributed by atoms with van der Waals surface area (Å²) >= 11 is 5.57. The molecule has 1 atom stereocenters. The van der Waals surface area contributed by atoms with Crippen molar-refractivity contribution in [2.75, 3.05) is 6.54 Å². The molecule has 2 aromatic carbocycles. The van der Waals surface area contributed by atoms with E-state index in [1.807, 2.05) is 30.3 Å². The molecule has 0 heterocycles. The van der Waals surface area contributed by atoms with Crippen LogP contribution in [0.1, 0.15) is 5.56 Å². The van der Waals surface area contributed by atoms with Crippen LogP contribution < -0.4 is 4.72 Å². The molecule has 118 valence electrons. The van der Waals surface area contributed by atoms with Gasteiger partial charge in [-0.1, -0.05) is 48.0 Å². The maximum atomic E-state index is 13.8. The average Bonchev–Trinajstić information content (AvgIpc) is 2.49. The molecule has 0 aliphatic rings. The summed E-state index contributed by atoms with van der Waals surface area (Å²) in [5.74, 6) is -1.01. The van der Waals surface area contributed by atoms with Crippen LogP contribution in [0.3, 0.4) is 0 Å². The third-order valence-electron chi connectivity index (χ3n) is 3.03. The number of hydrogen-bond donors (Lipinski definition) is 2. The van der Waals surface area contributed by atoms with Crippen molar-refractivity contribution in [2.24, 2.45) is 0 Å². The van der Waals surface area contributed by atoms with Crippen LogP contribution in [-0.4, -0.2) is 26.2 Å². The highest BCUT2D eigenvalue weighted by atomic mass is 35.5. The SMILES string of the molecule is O=S(=O)(NCC(O)Cc1ccccc1)c1cccc(Cl)c1F. The third-order valence-corrected chi connectivity index (χ3v) is 4.76. The van der Waals surface area contributed by atoms with Crippen molar-refractivity contribution in [1.29, 1.82) is 0 Å². The molecule has 0 radical (unpaired) electrons. The van der Waals surface area contributed by atoms with Crippen LogP contribution in [-0.2, 0) is 16.4 Å². The Morgan fingerprint density at radius 2 is 1.82 bits per heavy atom. The summed E-state index contributed by atoms with van der Waals surface area (Å²) in [6.07, 6.45) is -0.624. The Kier molecular flexibility index (Phi) is 5.52. The molecule has 0 bridgehead atoms. The minimum absolute atomic E-state index is 0.219. The second-order valence-electron chi connectivity index (χ2n) is 4.75. The topological polar surface area (TPSA) is 66.4 Å². The number of aliphatic hydroxyl groups excluding tert-OH is 1. The Labute approximate surface area is 133 Å². The van der Waals surface area contributed by atoms with Gasteiger partial charge in [0.25, 0.3) is 0 Å². The molecule has 0 amide bonds. The predicted octanol–water partition coefficient (Wildman–Crippen LogP) is 2.36. The largest absolute Gasteiger partial charge is 0.391 e. The lowest BCUT2D eigenvalue weighted by atomic mass is 10.1. The van der Waals surface area contributed by atoms with Crippen LogP contribution in [0.15, 0.2) is 53.4 Å². The maximum Gasteiger partial charge on any atom is 0.243 e. The number of rotatable bonds is 6. The Bertz CT molecular complexity index is 738. The van der Waals surface area contributed by atoms with E-state index in [2.05, 4.69) is 4.72 Å². The van der Waals surface area contributed by atoms with Gasteiger partial charge in [-0.3, -0.25) is 0 Å². The fourth-order valence-electron chi connectivity index (χ4n) is 1.93. The van der Waals surface area contributed by atoms with Crippen LogP contribution in [0.25, 0.3) is 0 Å². The molecular weight excluding hydrogens is 329 g/mol. The van der Waals surface area contributed by atoms with Crippen LogP contribution in [0.4, 0.5) is 4.39 Å². The van der Waals surface area contributed by atoms with E-state index in [4.69, 9.17) is 11.6 Å².